The van der Waals surface area contributed by atoms with Crippen LogP contribution < -0.4 is 12.4 Å². The molecule has 0 heterocycles. The van der Waals surface area contributed by atoms with Crippen LogP contribution in [0.4, 0.5) is 0 Å². The number of halogens is 1. The molecule has 0 nitrogen and oxygen atoms in total. The summed E-state index contributed by atoms with van der Waals surface area (Å²) in [6, 6.07) is 10.9. The molecule has 0 aliphatic heterocycles. The number of rotatable bonds is 0. The maximum absolute atomic E-state index is 3.03. The van der Waals surface area contributed by atoms with Gasteiger partial charge in [0, 0.05) is 0 Å². The molecule has 0 fully saturated rings. The Labute approximate surface area is 82.6 Å². The van der Waals surface area contributed by atoms with E-state index in [1.54, 1.807) is 0 Å². The van der Waals surface area contributed by atoms with Crippen molar-refractivity contribution < 1.29 is 40.1 Å². The average molecular weight is 327 g/mol. The van der Waals surface area contributed by atoms with E-state index in [2.05, 4.69) is 6.07 Å². The van der Waals surface area contributed by atoms with Crippen molar-refractivity contribution in [1.82, 2.24) is 0 Å². The third-order valence-corrected chi connectivity index (χ3v) is 0.865. The van der Waals surface area contributed by atoms with Gasteiger partial charge in [0.2, 0.25) is 0 Å². The summed E-state index contributed by atoms with van der Waals surface area (Å²) in [4.78, 5) is 0. The van der Waals surface area contributed by atoms with E-state index in [9.17, 15) is 0 Å². The Balaban J connectivity index is 0. The van der Waals surface area contributed by atoms with E-state index in [0.29, 0.717) is 0 Å². The van der Waals surface area contributed by atoms with Crippen LogP contribution in [-0.2, 0) is 27.7 Å². The minimum Gasteiger partial charge on any atom is -1.00 e. The second-order valence-corrected chi connectivity index (χ2v) is 1.55. The normalized spacial score (nSPS) is 6.78. The molecule has 1 aromatic rings. The first-order valence-electron chi connectivity index (χ1n) is 2.33. The molecule has 1 aromatic carbocycles. The van der Waals surface area contributed by atoms with Crippen molar-refractivity contribution >= 4 is 0 Å². The zero-order valence-electron chi connectivity index (χ0n) is 5.39. The van der Waals surface area contributed by atoms with Crippen LogP contribution in [0.2, 0.25) is 0 Å². The summed E-state index contributed by atoms with van der Waals surface area (Å²) in [6.45, 7) is 2.03. The molecule has 9 heavy (non-hydrogen) atoms. The van der Waals surface area contributed by atoms with Crippen LogP contribution in [0.5, 0.6) is 0 Å². The summed E-state index contributed by atoms with van der Waals surface area (Å²) >= 11 is 0. The van der Waals surface area contributed by atoms with E-state index in [1.165, 1.54) is 5.56 Å². The summed E-state index contributed by atoms with van der Waals surface area (Å²) in [6.07, 6.45) is 0. The third-order valence-electron chi connectivity index (χ3n) is 0.865. The van der Waals surface area contributed by atoms with Gasteiger partial charge < -0.3 is 12.4 Å². The van der Waals surface area contributed by atoms with E-state index in [1.807, 2.05) is 31.2 Å². The van der Waals surface area contributed by atoms with Crippen molar-refractivity contribution in [3.8, 4) is 0 Å². The molecular weight excluding hydrogens is 320 g/mol. The van der Waals surface area contributed by atoms with Gasteiger partial charge in [0.25, 0.3) is 0 Å². The zero-order valence-corrected chi connectivity index (χ0v) is 11.6. The van der Waals surface area contributed by atoms with Crippen molar-refractivity contribution in [1.29, 1.82) is 0 Å². The zero-order chi connectivity index (χ0) is 5.11. The summed E-state index contributed by atoms with van der Waals surface area (Å²) in [7, 11) is 0. The van der Waals surface area contributed by atoms with E-state index in [-0.39, 0.29) is 40.1 Å². The first-order chi connectivity index (χ1) is 3.39. The Hall–Kier alpha value is 0.445. The maximum Gasteiger partial charge on any atom is 1.00 e. The number of benzene rings is 1. The van der Waals surface area contributed by atoms with Crippen molar-refractivity contribution in [3.63, 3.8) is 0 Å². The van der Waals surface area contributed by atoms with Gasteiger partial charge in [-0.3, -0.25) is 0 Å². The molecule has 0 saturated heterocycles. The second-order valence-electron chi connectivity index (χ2n) is 1.55. The summed E-state index contributed by atoms with van der Waals surface area (Å²) < 4.78 is 0. The van der Waals surface area contributed by atoms with Crippen molar-refractivity contribution in [2.24, 2.45) is 0 Å². The first-order valence-corrected chi connectivity index (χ1v) is 2.33. The number of aryl methyl sites for hydroxylation is 1. The van der Waals surface area contributed by atoms with E-state index < -0.39 is 0 Å². The molecule has 0 N–H and O–H groups in total. The van der Waals surface area contributed by atoms with Crippen LogP contribution in [0.3, 0.4) is 0 Å². The Kier molecular flexibility index (Phi) is 8.86. The quantitative estimate of drug-likeness (QED) is 0.525. The molecule has 0 aliphatic carbocycles. The standard InChI is InChI=1S/C7H7.ClH.Hg/c1-7-5-3-2-4-6-7;;/h2-5H,1H3;1H;/q;;+1/p-1. The summed E-state index contributed by atoms with van der Waals surface area (Å²) in [5, 5.41) is 0. The average Bonchev–Trinajstić information content (AvgIpc) is 1.69. The molecule has 1 rings (SSSR count). The predicted octanol–water partition coefficient (Wildman–Crippen LogP) is -1.20. The fraction of sp³-hybridized carbons (Fsp3) is 0.143. The SMILES string of the molecule is Cc1[c]cccc1.[Cl-].[Hg+]. The molecule has 2 heteroatoms. The molecule has 2 radical (unpaired) electrons. The van der Waals surface area contributed by atoms with Crippen molar-refractivity contribution in [3.05, 3.63) is 35.9 Å². The molecule has 0 bridgehead atoms. The van der Waals surface area contributed by atoms with Crippen LogP contribution >= 0.6 is 0 Å². The predicted molar refractivity (Wildman–Crippen MR) is 30.0 cm³/mol. The number of hydrogen-bond donors (Lipinski definition) is 0. The summed E-state index contributed by atoms with van der Waals surface area (Å²) in [5.41, 5.74) is 1.20. The molecule has 0 amide bonds. The van der Waals surface area contributed by atoms with E-state index in [0.717, 1.165) is 0 Å². The third kappa shape index (κ3) is 4.92. The van der Waals surface area contributed by atoms with Crippen molar-refractivity contribution in [2.45, 2.75) is 6.92 Å². The second kappa shape index (κ2) is 6.56. The Morgan fingerprint density at radius 2 is 2.00 bits per heavy atom. The fourth-order valence-corrected chi connectivity index (χ4v) is 0.483. The fourth-order valence-electron chi connectivity index (χ4n) is 0.483. The topological polar surface area (TPSA) is 0 Å². The maximum atomic E-state index is 3.03. The molecule has 0 saturated carbocycles. The molecule has 0 unspecified atom stereocenters. The van der Waals surface area contributed by atoms with Crippen LogP contribution in [0.25, 0.3) is 0 Å². The summed E-state index contributed by atoms with van der Waals surface area (Å²) in [5.74, 6) is 0. The van der Waals surface area contributed by atoms with Gasteiger partial charge in [0.1, 0.15) is 0 Å². The first kappa shape index (κ1) is 12.2. The molecule has 0 atom stereocenters. The molecule has 44 valence electrons. The van der Waals surface area contributed by atoms with Crippen LogP contribution in [0.1, 0.15) is 5.56 Å². The number of hydrogen-bond acceptors (Lipinski definition) is 0. The van der Waals surface area contributed by atoms with Gasteiger partial charge in [-0.1, -0.05) is 24.3 Å². The molecular formula is C7H7ClHg. The van der Waals surface area contributed by atoms with Crippen molar-refractivity contribution in [2.75, 3.05) is 0 Å². The van der Waals surface area contributed by atoms with Gasteiger partial charge in [-0.2, -0.15) is 0 Å². The molecule has 0 aliphatic rings. The Morgan fingerprint density at radius 1 is 1.33 bits per heavy atom. The molecule has 0 spiro atoms. The van der Waals surface area contributed by atoms with Gasteiger partial charge in [-0.15, -0.1) is 0 Å². The Morgan fingerprint density at radius 3 is 2.22 bits per heavy atom. The largest absolute Gasteiger partial charge is 1.00 e. The minimum absolute atomic E-state index is 0. The van der Waals surface area contributed by atoms with Gasteiger partial charge >= 0.3 is 27.7 Å². The van der Waals surface area contributed by atoms with Crippen LogP contribution in [0.15, 0.2) is 24.3 Å². The van der Waals surface area contributed by atoms with Gasteiger partial charge in [0.05, 0.1) is 0 Å². The van der Waals surface area contributed by atoms with Crippen LogP contribution in [-0.4, -0.2) is 0 Å². The van der Waals surface area contributed by atoms with Crippen LogP contribution in [0, 0.1) is 13.0 Å². The van der Waals surface area contributed by atoms with Gasteiger partial charge in [0.15, 0.2) is 0 Å². The van der Waals surface area contributed by atoms with E-state index in [4.69, 9.17) is 0 Å². The minimum atomic E-state index is 0. The molecule has 0 aromatic heterocycles. The smallest absolute Gasteiger partial charge is 1.00 e. The monoisotopic (exact) mass is 328 g/mol. The Bertz CT molecular complexity index is 139. The van der Waals surface area contributed by atoms with Gasteiger partial charge in [-0.25, -0.2) is 0 Å². The van der Waals surface area contributed by atoms with E-state index >= 15 is 0 Å². The van der Waals surface area contributed by atoms with Gasteiger partial charge in [-0.05, 0) is 18.6 Å².